The van der Waals surface area contributed by atoms with E-state index >= 15 is 0 Å². The molecule has 1 saturated heterocycles. The van der Waals surface area contributed by atoms with Crippen LogP contribution in [0.15, 0.2) is 63.8 Å². The lowest BCUT2D eigenvalue weighted by Crippen LogP contribution is -2.60. The predicted octanol–water partition coefficient (Wildman–Crippen LogP) is 1.44. The summed E-state index contributed by atoms with van der Waals surface area (Å²) in [6.07, 6.45) is -6.27. The highest BCUT2D eigenvalue weighted by molar-refractivity contribution is 5.90. The molecule has 0 spiro atoms. The summed E-state index contributed by atoms with van der Waals surface area (Å²) in [6.45, 7) is -0.605. The molecule has 1 fully saturated rings. The Balaban J connectivity index is 1.38. The number of phenols is 5. The molecule has 2 heterocycles. The molecule has 46 heavy (non-hydrogen) atoms. The molecule has 5 atom stereocenters. The van der Waals surface area contributed by atoms with Crippen molar-refractivity contribution in [1.82, 2.24) is 0 Å². The summed E-state index contributed by atoms with van der Waals surface area (Å²) in [5.74, 6) is -3.92. The highest BCUT2D eigenvalue weighted by atomic mass is 16.7. The quantitative estimate of drug-likeness (QED) is 0.0771. The second-order valence-electron chi connectivity index (χ2n) is 10.2. The zero-order chi connectivity index (χ0) is 33.3. The zero-order valence-electron chi connectivity index (χ0n) is 23.8. The van der Waals surface area contributed by atoms with E-state index in [1.54, 1.807) is 0 Å². The van der Waals surface area contributed by atoms with Gasteiger partial charge >= 0.3 is 5.97 Å². The van der Waals surface area contributed by atoms with E-state index in [1.165, 1.54) is 36.4 Å². The average molecular weight is 641 g/mol. The van der Waals surface area contributed by atoms with Crippen LogP contribution in [0.25, 0.3) is 28.4 Å². The van der Waals surface area contributed by atoms with Gasteiger partial charge in [0.2, 0.25) is 12.0 Å². The molecule has 4 aromatic rings. The largest absolute Gasteiger partial charge is 0.504 e. The van der Waals surface area contributed by atoms with E-state index in [0.29, 0.717) is 5.56 Å². The highest BCUT2D eigenvalue weighted by Crippen LogP contribution is 2.43. The lowest BCUT2D eigenvalue weighted by atomic mass is 9.99. The minimum atomic E-state index is -1.86. The average Bonchev–Trinajstić information content (AvgIpc) is 3.02. The lowest BCUT2D eigenvalue weighted by Gasteiger charge is -2.40. The fourth-order valence-electron chi connectivity index (χ4n) is 4.66. The number of carbonyl (C=O) groups excluding carboxylic acids is 1. The van der Waals surface area contributed by atoms with E-state index < -0.39 is 71.7 Å². The van der Waals surface area contributed by atoms with Crippen molar-refractivity contribution in [2.75, 3.05) is 13.7 Å². The van der Waals surface area contributed by atoms with Crippen LogP contribution >= 0.6 is 0 Å². The van der Waals surface area contributed by atoms with Gasteiger partial charge in [0.15, 0.2) is 39.9 Å². The van der Waals surface area contributed by atoms with Gasteiger partial charge in [0.05, 0.1) is 7.11 Å². The standard InChI is InChI=1S/C31H28O15/c1-42-30-22(11-21-25(27(30)39)19(36)10-20(44-21)14-4-6-16(33)18(35)9-14)45-31-29(41)28(40)26(38)23(46-31)12-43-24(37)7-3-13-2-5-15(32)17(34)8-13/h2-11,23,26,28-29,31-35,38-41H,12H2,1H3/b7-3+/t23-,26-,28+,29-,31-/m1/s1. The number of ether oxygens (including phenoxy) is 4. The molecule has 1 aliphatic rings. The van der Waals surface area contributed by atoms with E-state index in [-0.39, 0.29) is 39.5 Å². The van der Waals surface area contributed by atoms with Crippen LogP contribution in [0.5, 0.6) is 40.2 Å². The van der Waals surface area contributed by atoms with Crippen molar-refractivity contribution in [1.29, 1.82) is 0 Å². The summed E-state index contributed by atoms with van der Waals surface area (Å²) >= 11 is 0. The van der Waals surface area contributed by atoms with Crippen LogP contribution in [0.1, 0.15) is 5.56 Å². The Morgan fingerprint density at radius 3 is 2.24 bits per heavy atom. The van der Waals surface area contributed by atoms with Gasteiger partial charge in [-0.15, -0.1) is 0 Å². The van der Waals surface area contributed by atoms with Crippen molar-refractivity contribution < 1.29 is 69.0 Å². The van der Waals surface area contributed by atoms with Gasteiger partial charge < -0.3 is 64.2 Å². The molecule has 0 amide bonds. The first kappa shape index (κ1) is 31.9. The van der Waals surface area contributed by atoms with Crippen molar-refractivity contribution in [2.24, 2.45) is 0 Å². The lowest BCUT2D eigenvalue weighted by molar-refractivity contribution is -0.278. The number of aliphatic hydroxyl groups is 3. The van der Waals surface area contributed by atoms with Crippen LogP contribution in [0.2, 0.25) is 0 Å². The topological polar surface area (TPSA) is 246 Å². The summed E-state index contributed by atoms with van der Waals surface area (Å²) in [7, 11) is 1.16. The van der Waals surface area contributed by atoms with Crippen LogP contribution < -0.4 is 14.9 Å². The van der Waals surface area contributed by atoms with Crippen molar-refractivity contribution >= 4 is 23.0 Å². The monoisotopic (exact) mass is 640 g/mol. The molecular formula is C31H28O15. The number of benzene rings is 3. The molecule has 1 aliphatic heterocycles. The maximum absolute atomic E-state index is 13.0. The molecule has 0 bridgehead atoms. The number of rotatable bonds is 8. The maximum atomic E-state index is 13.0. The van der Waals surface area contributed by atoms with Gasteiger partial charge in [-0.05, 0) is 42.0 Å². The molecule has 0 aliphatic carbocycles. The molecule has 3 aromatic carbocycles. The number of hydrogen-bond acceptors (Lipinski definition) is 15. The first-order valence-corrected chi connectivity index (χ1v) is 13.5. The summed E-state index contributed by atoms with van der Waals surface area (Å²) in [5.41, 5.74) is -0.334. The predicted molar refractivity (Wildman–Crippen MR) is 157 cm³/mol. The minimum absolute atomic E-state index is 0.0473. The van der Waals surface area contributed by atoms with Gasteiger partial charge in [-0.2, -0.15) is 0 Å². The second-order valence-corrected chi connectivity index (χ2v) is 10.2. The van der Waals surface area contributed by atoms with Crippen LogP contribution in [0.3, 0.4) is 0 Å². The Morgan fingerprint density at radius 2 is 1.57 bits per heavy atom. The molecule has 8 N–H and O–H groups in total. The number of fused-ring (bicyclic) bond motifs is 1. The number of aliphatic hydroxyl groups excluding tert-OH is 3. The SMILES string of the molecule is COc1c(O[C@@H]2O[C@H](COC(=O)/C=C/c3ccc(O)c(O)c3)[C@@H](O)[C@H](O)[C@H]2O)cc2oc(-c3ccc(O)c(O)c3)cc(=O)c2c1O. The first-order valence-electron chi connectivity index (χ1n) is 13.5. The number of phenolic OH excluding ortho intramolecular Hbond substituents is 5. The van der Waals surface area contributed by atoms with Crippen LogP contribution in [0, 0.1) is 0 Å². The fraction of sp³-hybridized carbons (Fsp3) is 0.226. The maximum Gasteiger partial charge on any atom is 0.330 e. The summed E-state index contributed by atoms with van der Waals surface area (Å²) in [6, 6.07) is 9.76. The van der Waals surface area contributed by atoms with Crippen molar-refractivity contribution in [3.63, 3.8) is 0 Å². The van der Waals surface area contributed by atoms with E-state index in [4.69, 9.17) is 23.4 Å². The van der Waals surface area contributed by atoms with E-state index in [1.807, 2.05) is 0 Å². The summed E-state index contributed by atoms with van der Waals surface area (Å²) < 4.78 is 27.4. The Hall–Kier alpha value is -5.48. The number of aromatic hydroxyl groups is 5. The van der Waals surface area contributed by atoms with Gasteiger partial charge in [-0.25, -0.2) is 4.79 Å². The third-order valence-corrected chi connectivity index (χ3v) is 7.09. The summed E-state index contributed by atoms with van der Waals surface area (Å²) in [5, 5.41) is 80.6. The zero-order valence-corrected chi connectivity index (χ0v) is 23.8. The summed E-state index contributed by atoms with van der Waals surface area (Å²) in [4.78, 5) is 25.2. The Morgan fingerprint density at radius 1 is 0.870 bits per heavy atom. The molecule has 15 heteroatoms. The van der Waals surface area contributed by atoms with Gasteiger partial charge in [0, 0.05) is 23.8 Å². The van der Waals surface area contributed by atoms with Crippen molar-refractivity contribution in [3.8, 4) is 51.6 Å². The van der Waals surface area contributed by atoms with Crippen LogP contribution in [-0.4, -0.2) is 91.2 Å². The number of esters is 1. The van der Waals surface area contributed by atoms with Gasteiger partial charge in [0.25, 0.3) is 0 Å². The van der Waals surface area contributed by atoms with E-state index in [2.05, 4.69) is 0 Å². The normalized spacial score (nSPS) is 21.3. The molecule has 15 nitrogen and oxygen atoms in total. The second kappa shape index (κ2) is 12.9. The Labute approximate surface area is 258 Å². The Kier molecular flexibility index (Phi) is 8.93. The molecule has 0 unspecified atom stereocenters. The van der Waals surface area contributed by atoms with E-state index in [9.17, 15) is 50.4 Å². The van der Waals surface area contributed by atoms with Crippen LogP contribution in [-0.2, 0) is 14.3 Å². The third kappa shape index (κ3) is 6.33. The van der Waals surface area contributed by atoms with Crippen molar-refractivity contribution in [3.05, 3.63) is 70.4 Å². The van der Waals surface area contributed by atoms with Gasteiger partial charge in [-0.3, -0.25) is 4.79 Å². The van der Waals surface area contributed by atoms with Crippen molar-refractivity contribution in [2.45, 2.75) is 30.7 Å². The smallest absolute Gasteiger partial charge is 0.330 e. The van der Waals surface area contributed by atoms with Gasteiger partial charge in [0.1, 0.15) is 47.8 Å². The number of carbonyl (C=O) groups is 1. The Bertz CT molecular complexity index is 1860. The molecule has 0 radical (unpaired) electrons. The van der Waals surface area contributed by atoms with E-state index in [0.717, 1.165) is 31.4 Å². The third-order valence-electron chi connectivity index (χ3n) is 7.09. The number of hydrogen-bond donors (Lipinski definition) is 8. The molecule has 0 saturated carbocycles. The van der Waals surface area contributed by atoms with Crippen LogP contribution in [0.4, 0.5) is 0 Å². The molecule has 242 valence electrons. The first-order chi connectivity index (χ1) is 21.9. The molecular weight excluding hydrogens is 612 g/mol. The minimum Gasteiger partial charge on any atom is -0.504 e. The number of methoxy groups -OCH3 is 1. The fourth-order valence-corrected chi connectivity index (χ4v) is 4.66. The molecule has 1 aromatic heterocycles. The highest BCUT2D eigenvalue weighted by Gasteiger charge is 2.46. The van der Waals surface area contributed by atoms with Gasteiger partial charge in [-0.1, -0.05) is 6.07 Å². The molecule has 5 rings (SSSR count).